The molecule has 1 aliphatic rings. The molecule has 1 atom stereocenters. The second-order valence-corrected chi connectivity index (χ2v) is 3.97. The van der Waals surface area contributed by atoms with Gasteiger partial charge in [-0.15, -0.1) is 0 Å². The Morgan fingerprint density at radius 3 is 3.06 bits per heavy atom. The van der Waals surface area contributed by atoms with E-state index in [1.54, 1.807) is 0 Å². The summed E-state index contributed by atoms with van der Waals surface area (Å²) in [6.07, 6.45) is 13.6. The van der Waals surface area contributed by atoms with Crippen LogP contribution < -0.4 is 0 Å². The van der Waals surface area contributed by atoms with E-state index in [2.05, 4.69) is 41.8 Å². The summed E-state index contributed by atoms with van der Waals surface area (Å²) in [5.74, 6) is 0. The van der Waals surface area contributed by atoms with Crippen molar-refractivity contribution in [3.63, 3.8) is 0 Å². The Bertz CT molecular complexity index is 300. The van der Waals surface area contributed by atoms with Crippen LogP contribution in [0.2, 0.25) is 0 Å². The molecule has 0 bridgehead atoms. The van der Waals surface area contributed by atoms with Crippen molar-refractivity contribution in [2.75, 3.05) is 6.54 Å². The average Bonchev–Trinajstić information content (AvgIpc) is 2.74. The van der Waals surface area contributed by atoms with Crippen LogP contribution in [0.5, 0.6) is 0 Å². The molecule has 2 heteroatoms. The van der Waals surface area contributed by atoms with E-state index in [9.17, 15) is 0 Å². The highest BCUT2D eigenvalue weighted by Gasteiger charge is 2.22. The van der Waals surface area contributed by atoms with Crippen molar-refractivity contribution in [2.24, 2.45) is 5.10 Å². The van der Waals surface area contributed by atoms with E-state index in [1.165, 1.54) is 18.4 Å². The first kappa shape index (κ1) is 12.8. The molecule has 1 rings (SSSR count). The van der Waals surface area contributed by atoms with Gasteiger partial charge < -0.3 is 0 Å². The molecule has 0 aromatic rings. The molecule has 1 heterocycles. The second-order valence-electron chi connectivity index (χ2n) is 3.97. The maximum Gasteiger partial charge on any atom is 0.0769 e. The fourth-order valence-corrected chi connectivity index (χ4v) is 1.90. The Hall–Kier alpha value is -1.31. The molecule has 0 N–H and O–H groups in total. The lowest BCUT2D eigenvalue weighted by Gasteiger charge is -2.24. The van der Waals surface area contributed by atoms with Crippen LogP contribution in [0.15, 0.2) is 41.6 Å². The molecular formula is C14H22N2. The Kier molecular flexibility index (Phi) is 5.62. The van der Waals surface area contributed by atoms with Crippen molar-refractivity contribution in [3.05, 3.63) is 36.5 Å². The standard InChI is InChI=1S/C14H22N2/c1-4-7-12-16-14(10-11-15-16)13(8-5-2)9-6-3/h5-6,8-9,11,14H,2,4,7,10,12H2,1,3H3/b9-6-,13-8+. The third-order valence-corrected chi connectivity index (χ3v) is 2.71. The summed E-state index contributed by atoms with van der Waals surface area (Å²) in [7, 11) is 0. The minimum absolute atomic E-state index is 0.403. The van der Waals surface area contributed by atoms with Crippen LogP contribution >= 0.6 is 0 Å². The summed E-state index contributed by atoms with van der Waals surface area (Å²) in [4.78, 5) is 0. The van der Waals surface area contributed by atoms with E-state index in [0.29, 0.717) is 6.04 Å². The number of hydrogen-bond donors (Lipinski definition) is 0. The fourth-order valence-electron chi connectivity index (χ4n) is 1.90. The van der Waals surface area contributed by atoms with Crippen LogP contribution in [-0.2, 0) is 0 Å². The zero-order valence-corrected chi connectivity index (χ0v) is 10.4. The van der Waals surface area contributed by atoms with Crippen molar-refractivity contribution in [3.8, 4) is 0 Å². The molecule has 0 saturated carbocycles. The molecule has 16 heavy (non-hydrogen) atoms. The van der Waals surface area contributed by atoms with Gasteiger partial charge in [-0.2, -0.15) is 5.10 Å². The molecule has 0 amide bonds. The minimum atomic E-state index is 0.403. The molecule has 88 valence electrons. The van der Waals surface area contributed by atoms with Crippen LogP contribution in [0.25, 0.3) is 0 Å². The van der Waals surface area contributed by atoms with Crippen molar-refractivity contribution < 1.29 is 0 Å². The SMILES string of the molecule is C=C/C=C(\C=C/C)C1CC=NN1CCCC. The number of hydrazone groups is 1. The van der Waals surface area contributed by atoms with Gasteiger partial charge in [0.25, 0.3) is 0 Å². The average molecular weight is 218 g/mol. The fraction of sp³-hybridized carbons (Fsp3) is 0.500. The van der Waals surface area contributed by atoms with Gasteiger partial charge in [0.1, 0.15) is 0 Å². The van der Waals surface area contributed by atoms with E-state index >= 15 is 0 Å². The summed E-state index contributed by atoms with van der Waals surface area (Å²) in [5, 5.41) is 6.63. The highest BCUT2D eigenvalue weighted by molar-refractivity contribution is 5.61. The number of allylic oxidation sites excluding steroid dienone is 3. The van der Waals surface area contributed by atoms with Crippen LogP contribution in [-0.4, -0.2) is 23.8 Å². The monoisotopic (exact) mass is 218 g/mol. The number of hydrogen-bond acceptors (Lipinski definition) is 2. The van der Waals surface area contributed by atoms with Crippen LogP contribution in [0, 0.1) is 0 Å². The molecule has 0 aromatic carbocycles. The van der Waals surface area contributed by atoms with Gasteiger partial charge in [-0.1, -0.05) is 44.2 Å². The predicted molar refractivity (Wildman–Crippen MR) is 71.6 cm³/mol. The first-order valence-corrected chi connectivity index (χ1v) is 6.07. The second kappa shape index (κ2) is 7.04. The summed E-state index contributed by atoms with van der Waals surface area (Å²) < 4.78 is 0. The Balaban J connectivity index is 2.69. The van der Waals surface area contributed by atoms with Crippen LogP contribution in [0.4, 0.5) is 0 Å². The summed E-state index contributed by atoms with van der Waals surface area (Å²) >= 11 is 0. The molecule has 0 radical (unpaired) electrons. The molecule has 0 aliphatic carbocycles. The zero-order valence-electron chi connectivity index (χ0n) is 10.4. The van der Waals surface area contributed by atoms with Gasteiger partial charge in [0.15, 0.2) is 0 Å². The first-order valence-electron chi connectivity index (χ1n) is 6.07. The maximum atomic E-state index is 4.44. The molecule has 0 spiro atoms. The molecule has 2 nitrogen and oxygen atoms in total. The zero-order chi connectivity index (χ0) is 11.8. The molecule has 0 aromatic heterocycles. The predicted octanol–water partition coefficient (Wildman–Crippen LogP) is 3.54. The van der Waals surface area contributed by atoms with Crippen molar-refractivity contribution >= 4 is 6.21 Å². The third-order valence-electron chi connectivity index (χ3n) is 2.71. The van der Waals surface area contributed by atoms with Gasteiger partial charge in [-0.25, -0.2) is 0 Å². The normalized spacial score (nSPS) is 21.0. The molecule has 1 unspecified atom stereocenters. The quantitative estimate of drug-likeness (QED) is 0.623. The highest BCUT2D eigenvalue weighted by Crippen LogP contribution is 2.21. The van der Waals surface area contributed by atoms with Gasteiger partial charge in [-0.3, -0.25) is 5.01 Å². The van der Waals surface area contributed by atoms with Gasteiger partial charge in [-0.05, 0) is 18.9 Å². The third kappa shape index (κ3) is 3.37. The molecular weight excluding hydrogens is 196 g/mol. The van der Waals surface area contributed by atoms with Crippen molar-refractivity contribution in [1.29, 1.82) is 0 Å². The van der Waals surface area contributed by atoms with E-state index < -0.39 is 0 Å². The van der Waals surface area contributed by atoms with Crippen molar-refractivity contribution in [2.45, 2.75) is 39.2 Å². The lowest BCUT2D eigenvalue weighted by atomic mass is 10.0. The minimum Gasteiger partial charge on any atom is -0.290 e. The van der Waals surface area contributed by atoms with Crippen LogP contribution in [0.1, 0.15) is 33.1 Å². The topological polar surface area (TPSA) is 15.6 Å². The van der Waals surface area contributed by atoms with Gasteiger partial charge in [0.05, 0.1) is 6.04 Å². The number of unbranched alkanes of at least 4 members (excludes halogenated alkanes) is 1. The molecule has 0 fully saturated rings. The smallest absolute Gasteiger partial charge is 0.0769 e. The number of nitrogens with zero attached hydrogens (tertiary/aromatic N) is 2. The Morgan fingerprint density at radius 1 is 1.62 bits per heavy atom. The van der Waals surface area contributed by atoms with Gasteiger partial charge in [0, 0.05) is 19.2 Å². The molecule has 1 aliphatic heterocycles. The van der Waals surface area contributed by atoms with E-state index in [0.717, 1.165) is 13.0 Å². The largest absolute Gasteiger partial charge is 0.290 e. The van der Waals surface area contributed by atoms with Crippen LogP contribution in [0.3, 0.4) is 0 Å². The summed E-state index contributed by atoms with van der Waals surface area (Å²) in [6, 6.07) is 0.403. The lowest BCUT2D eigenvalue weighted by molar-refractivity contribution is 0.256. The van der Waals surface area contributed by atoms with Gasteiger partial charge >= 0.3 is 0 Å². The van der Waals surface area contributed by atoms with E-state index in [1.807, 2.05) is 19.2 Å². The summed E-state index contributed by atoms with van der Waals surface area (Å²) in [5.41, 5.74) is 1.30. The van der Waals surface area contributed by atoms with E-state index in [4.69, 9.17) is 0 Å². The Labute approximate surface area is 99.0 Å². The maximum absolute atomic E-state index is 4.44. The summed E-state index contributed by atoms with van der Waals surface area (Å²) in [6.45, 7) is 9.07. The highest BCUT2D eigenvalue weighted by atomic mass is 15.5. The molecule has 0 saturated heterocycles. The van der Waals surface area contributed by atoms with Gasteiger partial charge in [0.2, 0.25) is 0 Å². The Morgan fingerprint density at radius 2 is 2.44 bits per heavy atom. The van der Waals surface area contributed by atoms with Crippen molar-refractivity contribution in [1.82, 2.24) is 5.01 Å². The number of rotatable bonds is 6. The first-order chi connectivity index (χ1) is 7.83. The lowest BCUT2D eigenvalue weighted by Crippen LogP contribution is -2.28. The van der Waals surface area contributed by atoms with E-state index in [-0.39, 0.29) is 0 Å².